The summed E-state index contributed by atoms with van der Waals surface area (Å²) in [6.45, 7) is 2.53. The van der Waals surface area contributed by atoms with Crippen LogP contribution in [0.1, 0.15) is 24.8 Å². The number of aliphatic hydroxyl groups is 1. The minimum Gasteiger partial charge on any atom is -0.396 e. The molecule has 108 valence electrons. The van der Waals surface area contributed by atoms with E-state index in [2.05, 4.69) is 15.9 Å². The predicted octanol–water partition coefficient (Wildman–Crippen LogP) is 2.54. The molecule has 0 spiro atoms. The van der Waals surface area contributed by atoms with Crippen molar-refractivity contribution in [1.29, 1.82) is 0 Å². The number of halogens is 1. The lowest BCUT2D eigenvalue weighted by atomic mass is 10.2. The highest BCUT2D eigenvalue weighted by Crippen LogP contribution is 2.25. The molecule has 0 unspecified atom stereocenters. The first-order valence-electron chi connectivity index (χ1n) is 6.23. The molecular weight excluding hydrogens is 330 g/mol. The van der Waals surface area contributed by atoms with Crippen LogP contribution in [0.4, 0.5) is 0 Å². The number of sulfonamides is 1. The fourth-order valence-corrected chi connectivity index (χ4v) is 4.08. The molecule has 0 aliphatic heterocycles. The molecule has 1 N–H and O–H groups in total. The number of rotatable bonds is 7. The maximum atomic E-state index is 12.4. The predicted molar refractivity (Wildman–Crippen MR) is 79.6 cm³/mol. The Kier molecular flexibility index (Phi) is 6.46. The highest BCUT2D eigenvalue weighted by atomic mass is 79.9. The third kappa shape index (κ3) is 4.56. The second-order valence-electron chi connectivity index (χ2n) is 4.54. The molecule has 0 atom stereocenters. The van der Waals surface area contributed by atoms with Crippen LogP contribution in [-0.4, -0.2) is 38.0 Å². The molecule has 1 aromatic carbocycles. The van der Waals surface area contributed by atoms with Gasteiger partial charge in [0.05, 0.1) is 4.90 Å². The van der Waals surface area contributed by atoms with Gasteiger partial charge < -0.3 is 5.11 Å². The van der Waals surface area contributed by atoms with Crippen molar-refractivity contribution in [2.45, 2.75) is 31.1 Å². The largest absolute Gasteiger partial charge is 0.396 e. The maximum Gasteiger partial charge on any atom is 0.243 e. The van der Waals surface area contributed by atoms with Crippen molar-refractivity contribution in [3.05, 3.63) is 28.2 Å². The molecule has 0 radical (unpaired) electrons. The monoisotopic (exact) mass is 349 g/mol. The first-order chi connectivity index (χ1) is 8.89. The van der Waals surface area contributed by atoms with Gasteiger partial charge in [-0.3, -0.25) is 0 Å². The first kappa shape index (κ1) is 16.6. The third-order valence-electron chi connectivity index (χ3n) is 2.91. The van der Waals surface area contributed by atoms with Crippen LogP contribution < -0.4 is 0 Å². The van der Waals surface area contributed by atoms with Crippen molar-refractivity contribution in [1.82, 2.24) is 4.31 Å². The molecule has 0 saturated heterocycles. The number of hydrogen-bond donors (Lipinski definition) is 1. The van der Waals surface area contributed by atoms with Crippen LogP contribution in [0.25, 0.3) is 0 Å². The Morgan fingerprint density at radius 1 is 1.26 bits per heavy atom. The van der Waals surface area contributed by atoms with Crippen LogP contribution in [0, 0.1) is 6.92 Å². The lowest BCUT2D eigenvalue weighted by Gasteiger charge is -2.18. The summed E-state index contributed by atoms with van der Waals surface area (Å²) in [6.07, 6.45) is 2.29. The molecule has 4 nitrogen and oxygen atoms in total. The summed E-state index contributed by atoms with van der Waals surface area (Å²) in [7, 11) is -1.87. The molecule has 1 aromatic rings. The van der Waals surface area contributed by atoms with E-state index in [1.807, 2.05) is 6.92 Å². The van der Waals surface area contributed by atoms with Gasteiger partial charge in [0.1, 0.15) is 0 Å². The van der Waals surface area contributed by atoms with Crippen LogP contribution in [-0.2, 0) is 10.0 Å². The van der Waals surface area contributed by atoms with E-state index >= 15 is 0 Å². The topological polar surface area (TPSA) is 57.6 Å². The summed E-state index contributed by atoms with van der Waals surface area (Å²) in [5.41, 5.74) is 1.01. The number of benzene rings is 1. The van der Waals surface area contributed by atoms with Crippen molar-refractivity contribution in [3.8, 4) is 0 Å². The first-order valence-corrected chi connectivity index (χ1v) is 8.46. The van der Waals surface area contributed by atoms with Gasteiger partial charge in [-0.25, -0.2) is 12.7 Å². The summed E-state index contributed by atoms with van der Waals surface area (Å²) >= 11 is 3.31. The molecule has 1 rings (SSSR count). The minimum atomic E-state index is -3.45. The highest BCUT2D eigenvalue weighted by molar-refractivity contribution is 9.10. The Bertz CT molecular complexity index is 517. The van der Waals surface area contributed by atoms with E-state index in [-0.39, 0.29) is 6.61 Å². The average Bonchev–Trinajstić information content (AvgIpc) is 2.33. The van der Waals surface area contributed by atoms with Crippen molar-refractivity contribution >= 4 is 26.0 Å². The molecule has 0 fully saturated rings. The zero-order valence-electron chi connectivity index (χ0n) is 11.3. The number of hydrogen-bond acceptors (Lipinski definition) is 3. The Morgan fingerprint density at radius 2 is 1.95 bits per heavy atom. The normalized spacial score (nSPS) is 12.1. The third-order valence-corrected chi connectivity index (χ3v) is 5.74. The van der Waals surface area contributed by atoms with Crippen LogP contribution in [0.3, 0.4) is 0 Å². The van der Waals surface area contributed by atoms with Crippen LogP contribution >= 0.6 is 15.9 Å². The van der Waals surface area contributed by atoms with E-state index in [1.54, 1.807) is 25.2 Å². The molecule has 0 heterocycles. The molecule has 0 aromatic heterocycles. The number of aryl methyl sites for hydroxylation is 1. The number of aliphatic hydroxyl groups excluding tert-OH is 1. The number of unbranched alkanes of at least 4 members (excludes halogenated alkanes) is 2. The van der Waals surface area contributed by atoms with Crippen LogP contribution in [0.5, 0.6) is 0 Å². The minimum absolute atomic E-state index is 0.153. The lowest BCUT2D eigenvalue weighted by Crippen LogP contribution is -2.28. The Hall–Kier alpha value is -0.430. The molecule has 0 aliphatic rings. The van der Waals surface area contributed by atoms with E-state index in [0.717, 1.165) is 18.4 Å². The smallest absolute Gasteiger partial charge is 0.243 e. The van der Waals surface area contributed by atoms with Crippen molar-refractivity contribution < 1.29 is 13.5 Å². The van der Waals surface area contributed by atoms with Crippen molar-refractivity contribution in [2.75, 3.05) is 20.2 Å². The fraction of sp³-hybridized carbons (Fsp3) is 0.538. The van der Waals surface area contributed by atoms with Gasteiger partial charge in [0.25, 0.3) is 0 Å². The van der Waals surface area contributed by atoms with Gasteiger partial charge in [-0.1, -0.05) is 6.07 Å². The summed E-state index contributed by atoms with van der Waals surface area (Å²) < 4.78 is 26.7. The van der Waals surface area contributed by atoms with E-state index < -0.39 is 10.0 Å². The Morgan fingerprint density at radius 3 is 2.53 bits per heavy atom. The summed E-state index contributed by atoms with van der Waals surface area (Å²) in [6, 6.07) is 5.21. The van der Waals surface area contributed by atoms with Crippen LogP contribution in [0.2, 0.25) is 0 Å². The maximum absolute atomic E-state index is 12.4. The molecule has 0 aliphatic carbocycles. The summed E-state index contributed by atoms with van der Waals surface area (Å²) in [5, 5.41) is 8.69. The van der Waals surface area contributed by atoms with Crippen molar-refractivity contribution in [2.24, 2.45) is 0 Å². The summed E-state index contributed by atoms with van der Waals surface area (Å²) in [5.74, 6) is 0. The van der Waals surface area contributed by atoms with Gasteiger partial charge >= 0.3 is 0 Å². The molecule has 0 bridgehead atoms. The SMILES string of the molecule is Cc1ccc(S(=O)(=O)N(C)CCCCCO)c(Br)c1. The Balaban J connectivity index is 2.79. The molecule has 0 amide bonds. The lowest BCUT2D eigenvalue weighted by molar-refractivity contribution is 0.281. The van der Waals surface area contributed by atoms with Gasteiger partial charge in [0, 0.05) is 24.7 Å². The highest BCUT2D eigenvalue weighted by Gasteiger charge is 2.22. The fourth-order valence-electron chi connectivity index (χ4n) is 1.73. The zero-order valence-corrected chi connectivity index (χ0v) is 13.7. The van der Waals surface area contributed by atoms with Gasteiger partial charge in [-0.2, -0.15) is 0 Å². The van der Waals surface area contributed by atoms with E-state index in [1.165, 1.54) is 4.31 Å². The number of nitrogens with zero attached hydrogens (tertiary/aromatic N) is 1. The van der Waals surface area contributed by atoms with Gasteiger partial charge in [-0.15, -0.1) is 0 Å². The van der Waals surface area contributed by atoms with Crippen molar-refractivity contribution in [3.63, 3.8) is 0 Å². The van der Waals surface area contributed by atoms with Gasteiger partial charge in [0.2, 0.25) is 10.0 Å². The van der Waals surface area contributed by atoms with Gasteiger partial charge in [-0.05, 0) is 59.8 Å². The van der Waals surface area contributed by atoms with Crippen LogP contribution in [0.15, 0.2) is 27.6 Å². The average molecular weight is 350 g/mol. The zero-order chi connectivity index (χ0) is 14.5. The molecular formula is C13H20BrNO3S. The molecule has 19 heavy (non-hydrogen) atoms. The van der Waals surface area contributed by atoms with Gasteiger partial charge in [0.15, 0.2) is 0 Å². The van der Waals surface area contributed by atoms with E-state index in [4.69, 9.17) is 5.11 Å². The van der Waals surface area contributed by atoms with E-state index in [9.17, 15) is 8.42 Å². The second-order valence-corrected chi connectivity index (χ2v) is 7.41. The Labute approximate surface area is 123 Å². The second kappa shape index (κ2) is 7.38. The van der Waals surface area contributed by atoms with E-state index in [0.29, 0.717) is 22.3 Å². The standard InChI is InChI=1S/C13H20BrNO3S/c1-11-6-7-13(12(14)10-11)19(17,18)15(2)8-4-3-5-9-16/h6-7,10,16H,3-5,8-9H2,1-2H3. The molecule has 0 saturated carbocycles. The summed E-state index contributed by atoms with van der Waals surface area (Å²) in [4.78, 5) is 0.294. The molecule has 6 heteroatoms. The quantitative estimate of drug-likeness (QED) is 0.769.